The predicted molar refractivity (Wildman–Crippen MR) is 113 cm³/mol. The summed E-state index contributed by atoms with van der Waals surface area (Å²) in [6.45, 7) is 2.92. The number of rotatable bonds is 6. The lowest BCUT2D eigenvalue weighted by atomic mass is 9.94. The second-order valence-corrected chi connectivity index (χ2v) is 7.27. The van der Waals surface area contributed by atoms with Gasteiger partial charge in [-0.15, -0.1) is 0 Å². The van der Waals surface area contributed by atoms with Crippen molar-refractivity contribution in [3.8, 4) is 17.4 Å². The average Bonchev–Trinajstić information content (AvgIpc) is 3.19. The topological polar surface area (TPSA) is 101 Å². The van der Waals surface area contributed by atoms with Crippen molar-refractivity contribution in [1.29, 1.82) is 5.26 Å². The molecule has 0 bridgehead atoms. The molecule has 0 unspecified atom stereocenters. The van der Waals surface area contributed by atoms with E-state index in [9.17, 15) is 19.6 Å². The summed E-state index contributed by atoms with van der Waals surface area (Å²) in [5, 5.41) is 10.0. The Morgan fingerprint density at radius 3 is 2.71 bits per heavy atom. The van der Waals surface area contributed by atoms with E-state index in [-0.39, 0.29) is 36.3 Å². The van der Waals surface area contributed by atoms with Crippen molar-refractivity contribution < 1.29 is 23.5 Å². The highest BCUT2D eigenvalue weighted by molar-refractivity contribution is 6.30. The van der Waals surface area contributed by atoms with E-state index in [1.165, 1.54) is 13.0 Å². The van der Waals surface area contributed by atoms with Crippen LogP contribution in [0.3, 0.4) is 0 Å². The van der Waals surface area contributed by atoms with Gasteiger partial charge < -0.3 is 9.15 Å². The summed E-state index contributed by atoms with van der Waals surface area (Å²) in [5.41, 5.74) is 1.14. The number of esters is 1. The first-order valence-corrected chi connectivity index (χ1v) is 9.88. The van der Waals surface area contributed by atoms with Crippen LogP contribution < -0.4 is 0 Å². The van der Waals surface area contributed by atoms with E-state index >= 15 is 0 Å². The molecule has 1 aromatic carbocycles. The SMILES string of the molecule is CC(=O)OCCCN1C(=O)C(C#N)=C(C)/C(=C\c2ccc(-c3cccc(Cl)c3)o2)C1=O. The summed E-state index contributed by atoms with van der Waals surface area (Å²) < 4.78 is 10.7. The molecule has 8 heteroatoms. The average molecular weight is 439 g/mol. The first-order chi connectivity index (χ1) is 14.8. The van der Waals surface area contributed by atoms with Crippen LogP contribution in [0.15, 0.2) is 57.5 Å². The summed E-state index contributed by atoms with van der Waals surface area (Å²) >= 11 is 6.03. The van der Waals surface area contributed by atoms with Gasteiger partial charge in [0, 0.05) is 29.6 Å². The van der Waals surface area contributed by atoms with Gasteiger partial charge in [0.1, 0.15) is 23.2 Å². The molecule has 1 aliphatic heterocycles. The summed E-state index contributed by atoms with van der Waals surface area (Å²) in [7, 11) is 0. The Labute approximate surface area is 184 Å². The van der Waals surface area contributed by atoms with Gasteiger partial charge in [-0.2, -0.15) is 5.26 Å². The Hall–Kier alpha value is -3.63. The number of imide groups is 1. The molecule has 0 N–H and O–H groups in total. The first-order valence-electron chi connectivity index (χ1n) is 9.50. The molecule has 7 nitrogen and oxygen atoms in total. The molecule has 3 rings (SSSR count). The molecule has 0 fully saturated rings. The van der Waals surface area contributed by atoms with Crippen LogP contribution in [-0.4, -0.2) is 35.8 Å². The fraction of sp³-hybridized carbons (Fsp3) is 0.217. The summed E-state index contributed by atoms with van der Waals surface area (Å²) in [6, 6.07) is 12.5. The van der Waals surface area contributed by atoms with Gasteiger partial charge in [0.15, 0.2) is 0 Å². The van der Waals surface area contributed by atoms with Gasteiger partial charge in [-0.1, -0.05) is 23.7 Å². The van der Waals surface area contributed by atoms with Crippen molar-refractivity contribution in [2.75, 3.05) is 13.2 Å². The van der Waals surface area contributed by atoms with Gasteiger partial charge in [-0.25, -0.2) is 0 Å². The quantitative estimate of drug-likeness (QED) is 0.290. The molecule has 1 aromatic heterocycles. The van der Waals surface area contributed by atoms with Crippen molar-refractivity contribution in [3.63, 3.8) is 0 Å². The Morgan fingerprint density at radius 1 is 1.26 bits per heavy atom. The van der Waals surface area contributed by atoms with Crippen molar-refractivity contribution in [2.45, 2.75) is 20.3 Å². The van der Waals surface area contributed by atoms with Crippen molar-refractivity contribution in [3.05, 3.63) is 63.9 Å². The van der Waals surface area contributed by atoms with Gasteiger partial charge in [-0.05, 0) is 49.3 Å². The van der Waals surface area contributed by atoms with Gasteiger partial charge in [0.25, 0.3) is 11.8 Å². The minimum Gasteiger partial charge on any atom is -0.466 e. The zero-order valence-corrected chi connectivity index (χ0v) is 17.7. The lowest BCUT2D eigenvalue weighted by molar-refractivity contribution is -0.141. The monoisotopic (exact) mass is 438 g/mol. The van der Waals surface area contributed by atoms with E-state index < -0.39 is 17.8 Å². The van der Waals surface area contributed by atoms with Crippen LogP contribution in [0, 0.1) is 11.3 Å². The van der Waals surface area contributed by atoms with Crippen molar-refractivity contribution in [1.82, 2.24) is 4.90 Å². The van der Waals surface area contributed by atoms with Gasteiger partial charge >= 0.3 is 5.97 Å². The Bertz CT molecular complexity index is 1150. The molecular formula is C23H19ClN2O5. The number of halogens is 1. The molecule has 2 aromatic rings. The van der Waals surface area contributed by atoms with Gasteiger partial charge in [0.05, 0.1) is 6.61 Å². The lowest BCUT2D eigenvalue weighted by Gasteiger charge is -2.27. The molecule has 0 aliphatic carbocycles. The molecular weight excluding hydrogens is 420 g/mol. The molecule has 158 valence electrons. The van der Waals surface area contributed by atoms with E-state index in [1.54, 1.807) is 37.3 Å². The number of furan rings is 1. The summed E-state index contributed by atoms with van der Waals surface area (Å²) in [5.74, 6) is -0.689. The zero-order valence-electron chi connectivity index (χ0n) is 17.0. The molecule has 0 spiro atoms. The number of ether oxygens (including phenoxy) is 1. The maximum Gasteiger partial charge on any atom is 0.302 e. The number of nitrogens with zero attached hydrogens (tertiary/aromatic N) is 2. The third kappa shape index (κ3) is 4.93. The summed E-state index contributed by atoms with van der Waals surface area (Å²) in [6.07, 6.45) is 1.77. The lowest BCUT2D eigenvalue weighted by Crippen LogP contribution is -2.43. The highest BCUT2D eigenvalue weighted by Crippen LogP contribution is 2.30. The van der Waals surface area contributed by atoms with Crippen molar-refractivity contribution in [2.24, 2.45) is 0 Å². The predicted octanol–water partition coefficient (Wildman–Crippen LogP) is 4.15. The van der Waals surface area contributed by atoms with E-state index in [0.717, 1.165) is 10.5 Å². The maximum atomic E-state index is 13.0. The number of hydrogen-bond donors (Lipinski definition) is 0. The Kier molecular flexibility index (Phi) is 6.73. The van der Waals surface area contributed by atoms with Crippen LogP contribution in [-0.2, 0) is 19.1 Å². The fourth-order valence-electron chi connectivity index (χ4n) is 3.14. The van der Waals surface area contributed by atoms with E-state index in [4.69, 9.17) is 20.8 Å². The molecule has 1 aliphatic rings. The largest absolute Gasteiger partial charge is 0.466 e. The van der Waals surface area contributed by atoms with E-state index in [1.807, 2.05) is 12.1 Å². The molecule has 2 amide bonds. The number of nitriles is 1. The smallest absolute Gasteiger partial charge is 0.302 e. The molecule has 0 saturated heterocycles. The summed E-state index contributed by atoms with van der Waals surface area (Å²) in [4.78, 5) is 37.5. The van der Waals surface area contributed by atoms with Gasteiger partial charge in [0.2, 0.25) is 0 Å². The van der Waals surface area contributed by atoms with Crippen LogP contribution in [0.4, 0.5) is 0 Å². The van der Waals surface area contributed by atoms with Crippen LogP contribution in [0.25, 0.3) is 17.4 Å². The zero-order chi connectivity index (χ0) is 22.5. The molecule has 0 radical (unpaired) electrons. The Morgan fingerprint density at radius 2 is 2.03 bits per heavy atom. The maximum absolute atomic E-state index is 13.0. The third-order valence-electron chi connectivity index (χ3n) is 4.68. The normalized spacial score (nSPS) is 15.4. The first kappa shape index (κ1) is 22.1. The van der Waals surface area contributed by atoms with Gasteiger partial charge in [-0.3, -0.25) is 19.3 Å². The molecule has 0 saturated carbocycles. The van der Waals surface area contributed by atoms with Crippen LogP contribution in [0.5, 0.6) is 0 Å². The highest BCUT2D eigenvalue weighted by Gasteiger charge is 2.35. The Balaban J connectivity index is 1.90. The van der Waals surface area contributed by atoms with Crippen LogP contribution in [0.1, 0.15) is 26.0 Å². The number of amides is 2. The van der Waals surface area contributed by atoms with Crippen LogP contribution >= 0.6 is 11.6 Å². The second kappa shape index (κ2) is 9.45. The number of hydrogen-bond acceptors (Lipinski definition) is 6. The second-order valence-electron chi connectivity index (χ2n) is 6.84. The molecule has 0 atom stereocenters. The van der Waals surface area contributed by atoms with Crippen LogP contribution in [0.2, 0.25) is 5.02 Å². The standard InChI is InChI=1S/C23H19ClN2O5/c1-14-19(12-18-7-8-21(31-18)16-5-3-6-17(24)11-16)22(28)26(23(29)20(14)13-25)9-4-10-30-15(2)27/h3,5-8,11-12H,4,9-10H2,1-2H3/b19-12+. The minimum absolute atomic E-state index is 0.0205. The number of benzene rings is 1. The number of carbonyl (C=O) groups is 3. The molecule has 2 heterocycles. The van der Waals surface area contributed by atoms with Crippen molar-refractivity contribution >= 4 is 35.5 Å². The van der Waals surface area contributed by atoms with E-state index in [2.05, 4.69) is 0 Å². The fourth-order valence-corrected chi connectivity index (χ4v) is 3.33. The third-order valence-corrected chi connectivity index (χ3v) is 4.91. The molecule has 31 heavy (non-hydrogen) atoms. The highest BCUT2D eigenvalue weighted by atomic mass is 35.5. The number of carbonyl (C=O) groups excluding carboxylic acids is 3. The van der Waals surface area contributed by atoms with E-state index in [0.29, 0.717) is 16.5 Å². The minimum atomic E-state index is -0.663.